The van der Waals surface area contributed by atoms with Crippen molar-refractivity contribution in [1.29, 1.82) is 0 Å². The van der Waals surface area contributed by atoms with Crippen molar-refractivity contribution in [3.63, 3.8) is 0 Å². The van der Waals surface area contributed by atoms with Gasteiger partial charge in [-0.2, -0.15) is 13.2 Å². The third kappa shape index (κ3) is 5.05. The SMILES string of the molecule is O=C(NCCSc1ncc(C(F)(F)F)cc1Cl)c1c(F)cccc1F. The Bertz CT molecular complexity index is 765. The zero-order valence-corrected chi connectivity index (χ0v) is 13.9. The molecule has 0 fully saturated rings. The Hall–Kier alpha value is -1.87. The quantitative estimate of drug-likeness (QED) is 0.458. The molecule has 134 valence electrons. The van der Waals surface area contributed by atoms with Crippen molar-refractivity contribution < 1.29 is 26.7 Å². The number of thioether (sulfide) groups is 1. The average Bonchev–Trinajstić information content (AvgIpc) is 2.51. The van der Waals surface area contributed by atoms with Gasteiger partial charge in [-0.05, 0) is 18.2 Å². The van der Waals surface area contributed by atoms with E-state index in [0.717, 1.165) is 36.0 Å². The van der Waals surface area contributed by atoms with Gasteiger partial charge in [-0.3, -0.25) is 4.79 Å². The number of hydrogen-bond donors (Lipinski definition) is 1. The number of alkyl halides is 3. The van der Waals surface area contributed by atoms with Gasteiger partial charge < -0.3 is 5.32 Å². The third-order valence-corrected chi connectivity index (χ3v) is 4.36. The predicted octanol–water partition coefficient (Wildman–Crippen LogP) is 4.55. The standard InChI is InChI=1S/C15H10ClF5N2OS/c16-9-6-8(15(19,20)21)7-23-14(9)25-5-4-22-13(24)12-10(17)2-1-3-11(12)18/h1-3,6-7H,4-5H2,(H,22,24). The van der Waals surface area contributed by atoms with Crippen LogP contribution in [0.25, 0.3) is 0 Å². The van der Waals surface area contributed by atoms with E-state index in [-0.39, 0.29) is 22.3 Å². The van der Waals surface area contributed by atoms with Crippen molar-refractivity contribution in [3.05, 3.63) is 58.2 Å². The molecule has 0 saturated carbocycles. The maximum atomic E-state index is 13.4. The predicted molar refractivity (Wildman–Crippen MR) is 83.7 cm³/mol. The van der Waals surface area contributed by atoms with Crippen LogP contribution in [-0.2, 0) is 6.18 Å². The van der Waals surface area contributed by atoms with E-state index < -0.39 is 34.8 Å². The van der Waals surface area contributed by atoms with E-state index in [1.165, 1.54) is 0 Å². The molecule has 2 aromatic rings. The summed E-state index contributed by atoms with van der Waals surface area (Å²) in [6, 6.07) is 3.80. The van der Waals surface area contributed by atoms with Gasteiger partial charge in [0, 0.05) is 18.5 Å². The molecular weight excluding hydrogens is 387 g/mol. The summed E-state index contributed by atoms with van der Waals surface area (Å²) in [5.74, 6) is -2.71. The lowest BCUT2D eigenvalue weighted by Crippen LogP contribution is -2.27. The number of amides is 1. The number of nitrogens with one attached hydrogen (secondary N) is 1. The number of hydrogen-bond acceptors (Lipinski definition) is 3. The van der Waals surface area contributed by atoms with E-state index in [9.17, 15) is 26.7 Å². The van der Waals surface area contributed by atoms with Crippen LogP contribution in [0.5, 0.6) is 0 Å². The van der Waals surface area contributed by atoms with Crippen molar-refractivity contribution in [2.45, 2.75) is 11.2 Å². The molecule has 0 unspecified atom stereocenters. The van der Waals surface area contributed by atoms with Crippen LogP contribution in [0, 0.1) is 11.6 Å². The van der Waals surface area contributed by atoms with Crippen molar-refractivity contribution in [2.75, 3.05) is 12.3 Å². The number of carbonyl (C=O) groups excluding carboxylic acids is 1. The molecule has 1 aromatic heterocycles. The highest BCUT2D eigenvalue weighted by Gasteiger charge is 2.31. The molecule has 0 spiro atoms. The molecule has 0 aliphatic rings. The zero-order valence-electron chi connectivity index (χ0n) is 12.3. The van der Waals surface area contributed by atoms with Gasteiger partial charge in [0.1, 0.15) is 22.2 Å². The second kappa shape index (κ2) is 8.01. The number of halogens is 6. The number of nitrogens with zero attached hydrogens (tertiary/aromatic N) is 1. The van der Waals surface area contributed by atoms with Crippen LogP contribution in [0.4, 0.5) is 22.0 Å². The lowest BCUT2D eigenvalue weighted by molar-refractivity contribution is -0.137. The Kier molecular flexibility index (Phi) is 6.23. The zero-order chi connectivity index (χ0) is 18.6. The van der Waals surface area contributed by atoms with Crippen molar-refractivity contribution in [1.82, 2.24) is 10.3 Å². The van der Waals surface area contributed by atoms with Gasteiger partial charge in [0.05, 0.1) is 10.6 Å². The van der Waals surface area contributed by atoms with E-state index in [0.29, 0.717) is 6.20 Å². The van der Waals surface area contributed by atoms with Gasteiger partial charge >= 0.3 is 6.18 Å². The van der Waals surface area contributed by atoms with Crippen LogP contribution in [0.15, 0.2) is 35.5 Å². The molecule has 0 radical (unpaired) electrons. The number of pyridine rings is 1. The fraction of sp³-hybridized carbons (Fsp3) is 0.200. The smallest absolute Gasteiger partial charge is 0.351 e. The molecule has 1 aromatic carbocycles. The Morgan fingerprint density at radius 1 is 1.24 bits per heavy atom. The molecule has 10 heteroatoms. The molecule has 1 N–H and O–H groups in total. The Morgan fingerprint density at radius 2 is 1.88 bits per heavy atom. The first kappa shape index (κ1) is 19.5. The molecule has 0 bridgehead atoms. The van der Waals surface area contributed by atoms with Crippen LogP contribution >= 0.6 is 23.4 Å². The normalized spacial score (nSPS) is 11.4. The number of carbonyl (C=O) groups is 1. The summed E-state index contributed by atoms with van der Waals surface area (Å²) in [6.45, 7) is 0.0102. The topological polar surface area (TPSA) is 42.0 Å². The highest BCUT2D eigenvalue weighted by molar-refractivity contribution is 7.99. The minimum atomic E-state index is -4.54. The largest absolute Gasteiger partial charge is 0.417 e. The number of aromatic nitrogens is 1. The maximum Gasteiger partial charge on any atom is 0.417 e. The maximum absolute atomic E-state index is 13.4. The molecule has 0 atom stereocenters. The molecule has 2 rings (SSSR count). The summed E-state index contributed by atoms with van der Waals surface area (Å²) in [5, 5.41) is 2.29. The first-order valence-electron chi connectivity index (χ1n) is 6.78. The van der Waals surface area contributed by atoms with Gasteiger partial charge in [0.25, 0.3) is 5.91 Å². The molecule has 0 aliphatic carbocycles. The lowest BCUT2D eigenvalue weighted by atomic mass is 10.2. The summed E-state index contributed by atoms with van der Waals surface area (Å²) in [6.07, 6.45) is -3.89. The van der Waals surface area contributed by atoms with Crippen LogP contribution in [0.1, 0.15) is 15.9 Å². The van der Waals surface area contributed by atoms with Crippen LogP contribution in [-0.4, -0.2) is 23.2 Å². The molecule has 1 heterocycles. The van der Waals surface area contributed by atoms with Crippen molar-refractivity contribution >= 4 is 29.3 Å². The van der Waals surface area contributed by atoms with Gasteiger partial charge in [0.15, 0.2) is 0 Å². The molecule has 1 amide bonds. The second-order valence-corrected chi connectivity index (χ2v) is 6.20. The van der Waals surface area contributed by atoms with Gasteiger partial charge in [-0.25, -0.2) is 13.8 Å². The monoisotopic (exact) mass is 396 g/mol. The van der Waals surface area contributed by atoms with E-state index in [1.54, 1.807) is 0 Å². The fourth-order valence-electron chi connectivity index (χ4n) is 1.80. The summed E-state index contributed by atoms with van der Waals surface area (Å²) in [5.41, 5.74) is -1.66. The summed E-state index contributed by atoms with van der Waals surface area (Å²) in [4.78, 5) is 15.4. The van der Waals surface area contributed by atoms with E-state index >= 15 is 0 Å². The molecule has 3 nitrogen and oxygen atoms in total. The third-order valence-electron chi connectivity index (χ3n) is 2.95. The van der Waals surface area contributed by atoms with Crippen molar-refractivity contribution in [3.8, 4) is 0 Å². The van der Waals surface area contributed by atoms with E-state index in [2.05, 4.69) is 10.3 Å². The average molecular weight is 397 g/mol. The Morgan fingerprint density at radius 3 is 2.44 bits per heavy atom. The fourth-order valence-corrected chi connectivity index (χ4v) is 2.85. The summed E-state index contributed by atoms with van der Waals surface area (Å²) >= 11 is 6.74. The highest BCUT2D eigenvalue weighted by Crippen LogP contribution is 2.33. The molecule has 0 saturated heterocycles. The van der Waals surface area contributed by atoms with Gasteiger partial charge in [-0.15, -0.1) is 11.8 Å². The van der Waals surface area contributed by atoms with Gasteiger partial charge in [0.2, 0.25) is 0 Å². The van der Waals surface area contributed by atoms with Crippen LogP contribution in [0.3, 0.4) is 0 Å². The number of rotatable bonds is 5. The molecule has 25 heavy (non-hydrogen) atoms. The Labute approximate surface area is 148 Å². The summed E-state index contributed by atoms with van der Waals surface area (Å²) < 4.78 is 64.4. The van der Waals surface area contributed by atoms with E-state index in [1.807, 2.05) is 0 Å². The molecular formula is C15H10ClF5N2OS. The van der Waals surface area contributed by atoms with Crippen molar-refractivity contribution in [2.24, 2.45) is 0 Å². The van der Waals surface area contributed by atoms with Gasteiger partial charge in [-0.1, -0.05) is 17.7 Å². The first-order chi connectivity index (χ1) is 11.7. The van der Waals surface area contributed by atoms with Crippen LogP contribution < -0.4 is 5.32 Å². The Balaban J connectivity index is 1.90. The van der Waals surface area contributed by atoms with E-state index in [4.69, 9.17) is 11.6 Å². The lowest BCUT2D eigenvalue weighted by Gasteiger charge is -2.09. The minimum Gasteiger partial charge on any atom is -0.351 e. The first-order valence-corrected chi connectivity index (χ1v) is 8.14. The minimum absolute atomic E-state index is 0.0102. The molecule has 0 aliphatic heterocycles. The second-order valence-electron chi connectivity index (χ2n) is 4.71. The number of benzene rings is 1. The van der Waals surface area contributed by atoms with Crippen LogP contribution in [0.2, 0.25) is 5.02 Å². The highest BCUT2D eigenvalue weighted by atomic mass is 35.5. The summed E-state index contributed by atoms with van der Waals surface area (Å²) in [7, 11) is 0.